The summed E-state index contributed by atoms with van der Waals surface area (Å²) in [6, 6.07) is 0. The normalized spacial score (nSPS) is 17.3. The second-order valence-corrected chi connectivity index (χ2v) is 3.15. The Morgan fingerprint density at radius 2 is 2.45 bits per heavy atom. The Bertz CT molecular complexity index is 260. The fourth-order valence-electron chi connectivity index (χ4n) is 1.37. The van der Waals surface area contributed by atoms with E-state index in [4.69, 9.17) is 5.73 Å². The molecule has 60 valence electrons. The van der Waals surface area contributed by atoms with Crippen LogP contribution in [0.2, 0.25) is 0 Å². The van der Waals surface area contributed by atoms with Crippen molar-refractivity contribution in [1.29, 1.82) is 0 Å². The molecule has 0 atom stereocenters. The molecule has 0 radical (unpaired) electrons. The van der Waals surface area contributed by atoms with Crippen LogP contribution in [0.3, 0.4) is 0 Å². The molecule has 0 bridgehead atoms. The first-order chi connectivity index (χ1) is 5.33. The fourth-order valence-corrected chi connectivity index (χ4v) is 1.37. The number of hydrogen-bond acceptors (Lipinski definition) is 2. The number of imidazole rings is 1. The van der Waals surface area contributed by atoms with Crippen molar-refractivity contribution < 1.29 is 0 Å². The minimum atomic E-state index is 0.593. The van der Waals surface area contributed by atoms with E-state index in [2.05, 4.69) is 9.55 Å². The molecule has 0 aliphatic heterocycles. The largest absolute Gasteiger partial charge is 0.334 e. The Balaban J connectivity index is 2.33. The standard InChI is InChI=1S/C8H13N3/c1-11-7(4-9)5-10-8(11)6-2-3-6/h5-6H,2-4,9H2,1H3. The molecule has 2 N–H and O–H groups in total. The van der Waals surface area contributed by atoms with Gasteiger partial charge in [-0.05, 0) is 12.8 Å². The summed E-state index contributed by atoms with van der Waals surface area (Å²) in [6.45, 7) is 0.593. The first-order valence-corrected chi connectivity index (χ1v) is 4.03. The molecule has 1 aliphatic rings. The van der Waals surface area contributed by atoms with Crippen LogP contribution in [-0.2, 0) is 13.6 Å². The highest BCUT2D eigenvalue weighted by Crippen LogP contribution is 2.38. The third kappa shape index (κ3) is 1.05. The summed E-state index contributed by atoms with van der Waals surface area (Å²) in [4.78, 5) is 4.33. The van der Waals surface area contributed by atoms with Gasteiger partial charge in [-0.1, -0.05) is 0 Å². The smallest absolute Gasteiger partial charge is 0.111 e. The molecular formula is C8H13N3. The molecule has 1 aliphatic carbocycles. The van der Waals surface area contributed by atoms with Gasteiger partial charge in [0.2, 0.25) is 0 Å². The van der Waals surface area contributed by atoms with E-state index in [1.54, 1.807) is 0 Å². The van der Waals surface area contributed by atoms with Crippen molar-refractivity contribution in [2.45, 2.75) is 25.3 Å². The SMILES string of the molecule is Cn1c(CN)cnc1C1CC1. The van der Waals surface area contributed by atoms with Gasteiger partial charge in [0.15, 0.2) is 0 Å². The van der Waals surface area contributed by atoms with Gasteiger partial charge in [0.1, 0.15) is 5.82 Å². The number of nitrogens with zero attached hydrogens (tertiary/aromatic N) is 2. The van der Waals surface area contributed by atoms with Crippen LogP contribution in [-0.4, -0.2) is 9.55 Å². The van der Waals surface area contributed by atoms with Crippen molar-refractivity contribution in [1.82, 2.24) is 9.55 Å². The Morgan fingerprint density at radius 3 is 2.91 bits per heavy atom. The summed E-state index contributed by atoms with van der Waals surface area (Å²) in [5.41, 5.74) is 6.66. The van der Waals surface area contributed by atoms with Crippen LogP contribution >= 0.6 is 0 Å². The van der Waals surface area contributed by atoms with Crippen LogP contribution in [0.4, 0.5) is 0 Å². The van der Waals surface area contributed by atoms with E-state index in [-0.39, 0.29) is 0 Å². The predicted molar refractivity (Wildman–Crippen MR) is 43.1 cm³/mol. The summed E-state index contributed by atoms with van der Waals surface area (Å²) in [5, 5.41) is 0. The molecule has 1 aromatic heterocycles. The third-order valence-corrected chi connectivity index (χ3v) is 2.27. The Kier molecular flexibility index (Phi) is 1.46. The summed E-state index contributed by atoms with van der Waals surface area (Å²) in [5.74, 6) is 1.94. The molecule has 0 amide bonds. The lowest BCUT2D eigenvalue weighted by Crippen LogP contribution is -2.05. The number of hydrogen-bond donors (Lipinski definition) is 1. The lowest BCUT2D eigenvalue weighted by Gasteiger charge is -2.01. The van der Waals surface area contributed by atoms with E-state index < -0.39 is 0 Å². The molecule has 1 fully saturated rings. The molecule has 0 spiro atoms. The third-order valence-electron chi connectivity index (χ3n) is 2.27. The maximum Gasteiger partial charge on any atom is 0.111 e. The minimum absolute atomic E-state index is 0.593. The van der Waals surface area contributed by atoms with E-state index >= 15 is 0 Å². The minimum Gasteiger partial charge on any atom is -0.334 e. The van der Waals surface area contributed by atoms with Crippen LogP contribution in [0.1, 0.15) is 30.3 Å². The number of nitrogens with two attached hydrogens (primary N) is 1. The van der Waals surface area contributed by atoms with Gasteiger partial charge in [-0.2, -0.15) is 0 Å². The fraction of sp³-hybridized carbons (Fsp3) is 0.625. The van der Waals surface area contributed by atoms with E-state index in [1.807, 2.05) is 13.2 Å². The molecule has 3 nitrogen and oxygen atoms in total. The predicted octanol–water partition coefficient (Wildman–Crippen LogP) is 0.756. The summed E-state index contributed by atoms with van der Waals surface area (Å²) < 4.78 is 2.12. The summed E-state index contributed by atoms with van der Waals surface area (Å²) in [6.07, 6.45) is 4.48. The first kappa shape index (κ1) is 6.85. The van der Waals surface area contributed by atoms with Crippen molar-refractivity contribution in [3.63, 3.8) is 0 Å². The van der Waals surface area contributed by atoms with Gasteiger partial charge in [0.25, 0.3) is 0 Å². The molecule has 11 heavy (non-hydrogen) atoms. The van der Waals surface area contributed by atoms with Gasteiger partial charge >= 0.3 is 0 Å². The van der Waals surface area contributed by atoms with Crippen LogP contribution < -0.4 is 5.73 Å². The Morgan fingerprint density at radius 1 is 1.73 bits per heavy atom. The molecular weight excluding hydrogens is 138 g/mol. The van der Waals surface area contributed by atoms with Crippen LogP contribution in [0.25, 0.3) is 0 Å². The lowest BCUT2D eigenvalue weighted by atomic mass is 10.4. The van der Waals surface area contributed by atoms with E-state index in [0.29, 0.717) is 6.54 Å². The molecule has 0 aromatic carbocycles. The zero-order chi connectivity index (χ0) is 7.84. The molecule has 1 heterocycles. The lowest BCUT2D eigenvalue weighted by molar-refractivity contribution is 0.752. The van der Waals surface area contributed by atoms with Gasteiger partial charge in [0, 0.05) is 25.7 Å². The molecule has 1 saturated carbocycles. The zero-order valence-corrected chi connectivity index (χ0v) is 6.75. The molecule has 0 saturated heterocycles. The molecule has 0 unspecified atom stereocenters. The van der Waals surface area contributed by atoms with Crippen molar-refractivity contribution in [3.8, 4) is 0 Å². The van der Waals surface area contributed by atoms with E-state index in [1.165, 1.54) is 18.7 Å². The Hall–Kier alpha value is -0.830. The average molecular weight is 151 g/mol. The van der Waals surface area contributed by atoms with Crippen molar-refractivity contribution >= 4 is 0 Å². The van der Waals surface area contributed by atoms with Crippen LogP contribution in [0, 0.1) is 0 Å². The average Bonchev–Trinajstić information content (AvgIpc) is 2.77. The monoisotopic (exact) mass is 151 g/mol. The van der Waals surface area contributed by atoms with Crippen molar-refractivity contribution in [3.05, 3.63) is 17.7 Å². The highest BCUT2D eigenvalue weighted by atomic mass is 15.1. The molecule has 1 aromatic rings. The summed E-state index contributed by atoms with van der Waals surface area (Å²) >= 11 is 0. The van der Waals surface area contributed by atoms with Crippen molar-refractivity contribution in [2.24, 2.45) is 12.8 Å². The van der Waals surface area contributed by atoms with Gasteiger partial charge < -0.3 is 10.3 Å². The summed E-state index contributed by atoms with van der Waals surface area (Å²) in [7, 11) is 2.04. The van der Waals surface area contributed by atoms with Gasteiger partial charge in [0.05, 0.1) is 5.69 Å². The highest BCUT2D eigenvalue weighted by Gasteiger charge is 2.27. The second-order valence-electron chi connectivity index (χ2n) is 3.15. The second kappa shape index (κ2) is 2.34. The highest BCUT2D eigenvalue weighted by molar-refractivity contribution is 5.12. The van der Waals surface area contributed by atoms with Gasteiger partial charge in [-0.15, -0.1) is 0 Å². The van der Waals surface area contributed by atoms with Crippen molar-refractivity contribution in [2.75, 3.05) is 0 Å². The van der Waals surface area contributed by atoms with Gasteiger partial charge in [-0.3, -0.25) is 0 Å². The molecule has 2 rings (SSSR count). The zero-order valence-electron chi connectivity index (χ0n) is 6.75. The number of rotatable bonds is 2. The maximum atomic E-state index is 5.52. The van der Waals surface area contributed by atoms with E-state index in [9.17, 15) is 0 Å². The maximum absolute atomic E-state index is 5.52. The van der Waals surface area contributed by atoms with Gasteiger partial charge in [-0.25, -0.2) is 4.98 Å². The Labute approximate surface area is 66.2 Å². The van der Waals surface area contributed by atoms with Crippen LogP contribution in [0.5, 0.6) is 0 Å². The van der Waals surface area contributed by atoms with E-state index in [0.717, 1.165) is 11.6 Å². The quantitative estimate of drug-likeness (QED) is 0.678. The first-order valence-electron chi connectivity index (χ1n) is 4.03. The topological polar surface area (TPSA) is 43.8 Å². The molecule has 3 heteroatoms. The van der Waals surface area contributed by atoms with Crippen LogP contribution in [0.15, 0.2) is 6.20 Å². The number of aromatic nitrogens is 2.